The third kappa shape index (κ3) is 4.84. The number of aromatic amines is 1. The van der Waals surface area contributed by atoms with Gasteiger partial charge in [0.1, 0.15) is 5.75 Å². The molecular weight excluding hydrogens is 512 g/mol. The number of methoxy groups -OCH3 is 1. The molecule has 0 aliphatic carbocycles. The van der Waals surface area contributed by atoms with Crippen molar-refractivity contribution >= 4 is 34.1 Å². The fraction of sp³-hybridized carbons (Fsp3) is 0.258. The molecule has 198 valence electrons. The second-order valence-electron chi connectivity index (χ2n) is 9.99. The lowest BCUT2D eigenvalue weighted by Crippen LogP contribution is -2.37. The van der Waals surface area contributed by atoms with Crippen LogP contribution < -0.4 is 10.3 Å². The first-order valence-electron chi connectivity index (χ1n) is 13.2. The first-order valence-corrected chi connectivity index (χ1v) is 13.6. The van der Waals surface area contributed by atoms with Crippen LogP contribution in [0.4, 0.5) is 0 Å². The number of pyridine rings is 1. The lowest BCUT2D eigenvalue weighted by molar-refractivity contribution is -0.134. The molecule has 2 aliphatic heterocycles. The van der Waals surface area contributed by atoms with E-state index in [2.05, 4.69) is 9.88 Å². The Morgan fingerprint density at radius 1 is 1.03 bits per heavy atom. The summed E-state index contributed by atoms with van der Waals surface area (Å²) in [6.45, 7) is 2.09. The maximum Gasteiger partial charge on any atom is 0.258 e. The molecular formula is C31H29ClN4O3. The molecule has 0 spiro atoms. The van der Waals surface area contributed by atoms with Crippen molar-refractivity contribution in [3.8, 4) is 16.9 Å². The van der Waals surface area contributed by atoms with Gasteiger partial charge < -0.3 is 9.72 Å². The number of H-pyrrole nitrogens is 1. The zero-order chi connectivity index (χ0) is 26.9. The zero-order valence-electron chi connectivity index (χ0n) is 21.7. The Kier molecular flexibility index (Phi) is 6.94. The molecule has 0 radical (unpaired) electrons. The summed E-state index contributed by atoms with van der Waals surface area (Å²) in [5.74, 6) is 0.588. The van der Waals surface area contributed by atoms with Gasteiger partial charge in [-0.1, -0.05) is 60.1 Å². The fourth-order valence-electron chi connectivity index (χ4n) is 5.73. The topological polar surface area (TPSA) is 78.0 Å². The summed E-state index contributed by atoms with van der Waals surface area (Å²) in [6.07, 6.45) is 2.56. The first-order chi connectivity index (χ1) is 19.0. The molecule has 1 aromatic heterocycles. The van der Waals surface area contributed by atoms with Crippen LogP contribution in [0, 0.1) is 0 Å². The number of amides is 1. The minimum atomic E-state index is -0.399. The minimum Gasteiger partial charge on any atom is -0.496 e. The van der Waals surface area contributed by atoms with Crippen molar-refractivity contribution in [3.05, 3.63) is 99.3 Å². The van der Waals surface area contributed by atoms with Gasteiger partial charge in [-0.25, -0.2) is 5.01 Å². The van der Waals surface area contributed by atoms with E-state index in [9.17, 15) is 9.59 Å². The molecule has 3 aromatic carbocycles. The molecule has 8 heteroatoms. The van der Waals surface area contributed by atoms with Gasteiger partial charge in [0.05, 0.1) is 31.0 Å². The monoisotopic (exact) mass is 540 g/mol. The van der Waals surface area contributed by atoms with Gasteiger partial charge in [0.25, 0.3) is 11.5 Å². The van der Waals surface area contributed by atoms with Gasteiger partial charge in [0.2, 0.25) is 0 Å². The number of carbonyl (C=O) groups excluding carboxylic acids is 1. The van der Waals surface area contributed by atoms with E-state index in [-0.39, 0.29) is 18.0 Å². The molecule has 3 heterocycles. The largest absolute Gasteiger partial charge is 0.496 e. The number of aromatic nitrogens is 1. The molecule has 4 aromatic rings. The maximum absolute atomic E-state index is 13.7. The molecule has 1 amide bonds. The van der Waals surface area contributed by atoms with Gasteiger partial charge >= 0.3 is 0 Å². The summed E-state index contributed by atoms with van der Waals surface area (Å²) in [6, 6.07) is 22.5. The molecule has 7 nitrogen and oxygen atoms in total. The van der Waals surface area contributed by atoms with Crippen molar-refractivity contribution in [3.63, 3.8) is 0 Å². The Balaban J connectivity index is 1.52. The summed E-state index contributed by atoms with van der Waals surface area (Å²) in [5, 5.41) is 7.82. The van der Waals surface area contributed by atoms with Gasteiger partial charge in [0, 0.05) is 33.5 Å². The predicted molar refractivity (Wildman–Crippen MR) is 154 cm³/mol. The molecule has 1 atom stereocenters. The number of rotatable bonds is 6. The average molecular weight is 541 g/mol. The maximum atomic E-state index is 13.7. The normalized spacial score (nSPS) is 17.5. The van der Waals surface area contributed by atoms with Crippen LogP contribution >= 0.6 is 11.6 Å². The van der Waals surface area contributed by atoms with Crippen LogP contribution in [-0.4, -0.2) is 53.3 Å². The molecule has 0 unspecified atom stereocenters. The van der Waals surface area contributed by atoms with Crippen LogP contribution in [0.1, 0.15) is 36.4 Å². The van der Waals surface area contributed by atoms with Crippen molar-refractivity contribution in [2.24, 2.45) is 5.10 Å². The van der Waals surface area contributed by atoms with E-state index in [0.29, 0.717) is 34.0 Å². The summed E-state index contributed by atoms with van der Waals surface area (Å²) in [7, 11) is 1.62. The van der Waals surface area contributed by atoms with Crippen LogP contribution in [0.2, 0.25) is 5.02 Å². The average Bonchev–Trinajstić information content (AvgIpc) is 3.63. The Bertz CT molecular complexity index is 1630. The Labute approximate surface area is 231 Å². The zero-order valence-corrected chi connectivity index (χ0v) is 22.4. The number of benzene rings is 3. The number of hydrazone groups is 1. The third-order valence-electron chi connectivity index (χ3n) is 7.55. The number of likely N-dealkylation sites (tertiary alicyclic amines) is 1. The molecule has 6 rings (SSSR count). The Morgan fingerprint density at radius 2 is 1.77 bits per heavy atom. The summed E-state index contributed by atoms with van der Waals surface area (Å²) >= 11 is 6.42. The number of hydrogen-bond acceptors (Lipinski definition) is 5. The van der Waals surface area contributed by atoms with E-state index >= 15 is 0 Å². The van der Waals surface area contributed by atoms with Gasteiger partial charge in [-0.15, -0.1) is 0 Å². The highest BCUT2D eigenvalue weighted by atomic mass is 35.5. The smallest absolute Gasteiger partial charge is 0.258 e. The third-order valence-corrected chi connectivity index (χ3v) is 7.78. The summed E-state index contributed by atoms with van der Waals surface area (Å²) < 4.78 is 5.67. The second-order valence-corrected chi connectivity index (χ2v) is 10.4. The van der Waals surface area contributed by atoms with E-state index in [1.807, 2.05) is 66.7 Å². The highest BCUT2D eigenvalue weighted by Crippen LogP contribution is 2.40. The number of hydrogen-bond donors (Lipinski definition) is 1. The molecule has 0 bridgehead atoms. The van der Waals surface area contributed by atoms with Crippen LogP contribution in [0.3, 0.4) is 0 Å². The van der Waals surface area contributed by atoms with Crippen LogP contribution in [-0.2, 0) is 4.79 Å². The summed E-state index contributed by atoms with van der Waals surface area (Å²) in [5.41, 5.74) is 3.93. The second kappa shape index (κ2) is 10.7. The number of halogens is 1. The number of fused-ring (bicyclic) bond motifs is 1. The van der Waals surface area contributed by atoms with Crippen molar-refractivity contribution in [2.45, 2.75) is 25.3 Å². The standard InChI is InChI=1S/C31H29ClN4O3/c1-39-27-12-6-5-11-22(27)26-18-25(34-36(26)28(37)19-35-15-7-8-16-35)30-29(20-9-3-2-4-10-20)23-17-21(32)13-14-24(23)33-31(30)38/h2-6,9-14,17,26H,7-8,15-16,18-19H2,1H3,(H,33,38)/t26-/m0/s1. The van der Waals surface area contributed by atoms with Crippen molar-refractivity contribution in [1.82, 2.24) is 14.9 Å². The van der Waals surface area contributed by atoms with Crippen molar-refractivity contribution < 1.29 is 9.53 Å². The van der Waals surface area contributed by atoms with Crippen LogP contribution in [0.5, 0.6) is 5.75 Å². The minimum absolute atomic E-state index is 0.0932. The van der Waals surface area contributed by atoms with Crippen molar-refractivity contribution in [2.75, 3.05) is 26.7 Å². The first kappa shape index (κ1) is 25.3. The van der Waals surface area contributed by atoms with E-state index in [1.165, 1.54) is 0 Å². The number of ether oxygens (including phenoxy) is 1. The van der Waals surface area contributed by atoms with Gasteiger partial charge in [0.15, 0.2) is 0 Å². The van der Waals surface area contributed by atoms with Gasteiger partial charge in [-0.2, -0.15) is 5.10 Å². The number of carbonyl (C=O) groups is 1. The van der Waals surface area contributed by atoms with E-state index in [1.54, 1.807) is 18.2 Å². The van der Waals surface area contributed by atoms with Crippen molar-refractivity contribution in [1.29, 1.82) is 0 Å². The summed E-state index contributed by atoms with van der Waals surface area (Å²) in [4.78, 5) is 32.6. The molecule has 0 saturated carbocycles. The van der Waals surface area contributed by atoms with E-state index in [4.69, 9.17) is 21.4 Å². The van der Waals surface area contributed by atoms with Crippen LogP contribution in [0.15, 0.2) is 82.7 Å². The lowest BCUT2D eigenvalue weighted by Gasteiger charge is -2.25. The number of nitrogens with one attached hydrogen (secondary N) is 1. The Morgan fingerprint density at radius 3 is 2.54 bits per heavy atom. The predicted octanol–water partition coefficient (Wildman–Crippen LogP) is 5.63. The molecule has 1 fully saturated rings. The molecule has 1 saturated heterocycles. The SMILES string of the molecule is COc1ccccc1[C@@H]1CC(c2c(-c3ccccc3)c3cc(Cl)ccc3[nH]c2=O)=NN1C(=O)CN1CCCC1. The molecule has 2 aliphatic rings. The number of para-hydroxylation sites is 1. The Hall–Kier alpha value is -3.94. The molecule has 1 N–H and O–H groups in total. The lowest BCUT2D eigenvalue weighted by atomic mass is 9.91. The van der Waals surface area contributed by atoms with E-state index < -0.39 is 6.04 Å². The van der Waals surface area contributed by atoms with Gasteiger partial charge in [-0.3, -0.25) is 14.5 Å². The highest BCUT2D eigenvalue weighted by molar-refractivity contribution is 6.31. The van der Waals surface area contributed by atoms with E-state index in [0.717, 1.165) is 48.0 Å². The quantitative estimate of drug-likeness (QED) is 0.344. The van der Waals surface area contributed by atoms with Gasteiger partial charge in [-0.05, 0) is 55.8 Å². The highest BCUT2D eigenvalue weighted by Gasteiger charge is 2.37. The molecule has 39 heavy (non-hydrogen) atoms. The van der Waals surface area contributed by atoms with Crippen LogP contribution in [0.25, 0.3) is 22.0 Å². The number of nitrogens with zero attached hydrogens (tertiary/aromatic N) is 3. The fourth-order valence-corrected chi connectivity index (χ4v) is 5.90.